The van der Waals surface area contributed by atoms with Gasteiger partial charge < -0.3 is 10.6 Å². The van der Waals surface area contributed by atoms with Gasteiger partial charge in [-0.1, -0.05) is 18.5 Å². The summed E-state index contributed by atoms with van der Waals surface area (Å²) in [4.78, 5) is 15.6. The molecule has 0 aliphatic rings. The Bertz CT molecular complexity index is 375. The first-order valence-corrected chi connectivity index (χ1v) is 6.06. The molecule has 94 valence electrons. The molecule has 1 rings (SSSR count). The van der Waals surface area contributed by atoms with Gasteiger partial charge in [0, 0.05) is 12.2 Å². The van der Waals surface area contributed by atoms with E-state index in [1.807, 2.05) is 19.9 Å². The zero-order valence-corrected chi connectivity index (χ0v) is 11.1. The molecule has 0 saturated heterocycles. The molecule has 1 atom stereocenters. The van der Waals surface area contributed by atoms with Gasteiger partial charge in [0.25, 0.3) is 0 Å². The largest absolute Gasteiger partial charge is 0.322 e. The fourth-order valence-corrected chi connectivity index (χ4v) is 1.52. The number of nitrogens with one attached hydrogen (secondary N) is 2. The van der Waals surface area contributed by atoms with Gasteiger partial charge in [-0.05, 0) is 31.9 Å². The van der Waals surface area contributed by atoms with E-state index in [0.29, 0.717) is 16.9 Å². The van der Waals surface area contributed by atoms with Gasteiger partial charge >= 0.3 is 0 Å². The van der Waals surface area contributed by atoms with Crippen molar-refractivity contribution < 1.29 is 4.79 Å². The maximum atomic E-state index is 11.7. The fourth-order valence-electron chi connectivity index (χ4n) is 1.27. The maximum Gasteiger partial charge on any atom is 0.238 e. The number of aromatic nitrogens is 1. The molecule has 1 heterocycles. The topological polar surface area (TPSA) is 54.0 Å². The predicted octanol–water partition coefficient (Wildman–Crippen LogP) is 2.37. The Kier molecular flexibility index (Phi) is 5.38. The summed E-state index contributed by atoms with van der Waals surface area (Å²) < 4.78 is 0. The summed E-state index contributed by atoms with van der Waals surface area (Å²) in [5.74, 6) is -0.108. The third kappa shape index (κ3) is 4.32. The second-order valence-electron chi connectivity index (χ2n) is 4.03. The van der Waals surface area contributed by atoms with Gasteiger partial charge in [-0.15, -0.1) is 0 Å². The lowest BCUT2D eigenvalue weighted by Crippen LogP contribution is -2.34. The van der Waals surface area contributed by atoms with Crippen molar-refractivity contribution in [2.24, 2.45) is 0 Å². The summed E-state index contributed by atoms with van der Waals surface area (Å²) in [5.41, 5.74) is 1.49. The van der Waals surface area contributed by atoms with Gasteiger partial charge in [0.1, 0.15) is 0 Å². The molecule has 0 aliphatic heterocycles. The van der Waals surface area contributed by atoms with Crippen LogP contribution in [-0.2, 0) is 4.79 Å². The van der Waals surface area contributed by atoms with E-state index in [-0.39, 0.29) is 12.5 Å². The van der Waals surface area contributed by atoms with Crippen molar-refractivity contribution in [3.05, 3.63) is 23.0 Å². The van der Waals surface area contributed by atoms with E-state index in [9.17, 15) is 4.79 Å². The molecule has 4 nitrogen and oxygen atoms in total. The van der Waals surface area contributed by atoms with Crippen molar-refractivity contribution in [3.8, 4) is 0 Å². The normalized spacial score (nSPS) is 12.2. The van der Waals surface area contributed by atoms with Crippen molar-refractivity contribution in [1.29, 1.82) is 0 Å². The SMILES string of the molecule is CCC(C)NCC(=O)Nc1c(C)ccnc1Cl. The lowest BCUT2D eigenvalue weighted by molar-refractivity contribution is -0.115. The molecule has 0 radical (unpaired) electrons. The van der Waals surface area contributed by atoms with Crippen LogP contribution in [0, 0.1) is 6.92 Å². The molecule has 5 heteroatoms. The minimum atomic E-state index is -0.108. The van der Waals surface area contributed by atoms with Gasteiger partial charge in [-0.3, -0.25) is 4.79 Å². The van der Waals surface area contributed by atoms with Gasteiger partial charge in [0.05, 0.1) is 12.2 Å². The van der Waals surface area contributed by atoms with Crippen LogP contribution >= 0.6 is 11.6 Å². The Labute approximate surface area is 107 Å². The highest BCUT2D eigenvalue weighted by molar-refractivity contribution is 6.32. The second kappa shape index (κ2) is 6.57. The lowest BCUT2D eigenvalue weighted by Gasteiger charge is -2.12. The van der Waals surface area contributed by atoms with Crippen molar-refractivity contribution in [2.45, 2.75) is 33.2 Å². The van der Waals surface area contributed by atoms with Crippen molar-refractivity contribution >= 4 is 23.2 Å². The number of rotatable bonds is 5. The summed E-state index contributed by atoms with van der Waals surface area (Å²) >= 11 is 5.92. The number of halogens is 1. The Morgan fingerprint density at radius 1 is 1.59 bits per heavy atom. The van der Waals surface area contributed by atoms with E-state index in [2.05, 4.69) is 22.5 Å². The molecule has 1 aromatic rings. The van der Waals surface area contributed by atoms with Crippen LogP contribution in [-0.4, -0.2) is 23.5 Å². The van der Waals surface area contributed by atoms with Crippen molar-refractivity contribution in [1.82, 2.24) is 10.3 Å². The monoisotopic (exact) mass is 255 g/mol. The summed E-state index contributed by atoms with van der Waals surface area (Å²) in [6.07, 6.45) is 2.60. The first-order valence-electron chi connectivity index (χ1n) is 5.69. The van der Waals surface area contributed by atoms with E-state index in [1.54, 1.807) is 6.20 Å². The van der Waals surface area contributed by atoms with Gasteiger partial charge in [-0.2, -0.15) is 0 Å². The van der Waals surface area contributed by atoms with Gasteiger partial charge in [-0.25, -0.2) is 4.98 Å². The first kappa shape index (κ1) is 13.9. The average Bonchev–Trinajstić information content (AvgIpc) is 2.31. The van der Waals surface area contributed by atoms with E-state index in [4.69, 9.17) is 11.6 Å². The van der Waals surface area contributed by atoms with E-state index in [1.165, 1.54) is 0 Å². The zero-order valence-electron chi connectivity index (χ0n) is 10.4. The molecule has 0 fully saturated rings. The van der Waals surface area contributed by atoms with E-state index < -0.39 is 0 Å². The highest BCUT2D eigenvalue weighted by Gasteiger charge is 2.09. The van der Waals surface area contributed by atoms with Crippen molar-refractivity contribution in [2.75, 3.05) is 11.9 Å². The Hall–Kier alpha value is -1.13. The number of pyridine rings is 1. The molecule has 0 aliphatic carbocycles. The molecule has 17 heavy (non-hydrogen) atoms. The van der Waals surface area contributed by atoms with Crippen LogP contribution in [0.4, 0.5) is 5.69 Å². The van der Waals surface area contributed by atoms with Gasteiger partial charge in [0.15, 0.2) is 5.15 Å². The third-order valence-corrected chi connectivity index (χ3v) is 2.89. The number of anilines is 1. The van der Waals surface area contributed by atoms with Crippen LogP contribution in [0.2, 0.25) is 5.15 Å². The van der Waals surface area contributed by atoms with Crippen molar-refractivity contribution in [3.63, 3.8) is 0 Å². The number of aryl methyl sites for hydroxylation is 1. The summed E-state index contributed by atoms with van der Waals surface area (Å²) in [6.45, 7) is 6.26. The average molecular weight is 256 g/mol. The first-order chi connectivity index (χ1) is 8.04. The molecule has 2 N–H and O–H groups in total. The summed E-state index contributed by atoms with van der Waals surface area (Å²) in [6, 6.07) is 2.13. The Morgan fingerprint density at radius 2 is 2.29 bits per heavy atom. The molecule has 0 bridgehead atoms. The molecule has 0 aromatic carbocycles. The molecule has 0 spiro atoms. The predicted molar refractivity (Wildman–Crippen MR) is 70.4 cm³/mol. The van der Waals surface area contributed by atoms with Gasteiger partial charge in [0.2, 0.25) is 5.91 Å². The standard InChI is InChI=1S/C12H18ClN3O/c1-4-9(3)15-7-10(17)16-11-8(2)5-6-14-12(11)13/h5-6,9,15H,4,7H2,1-3H3,(H,16,17). The molecule has 1 amide bonds. The highest BCUT2D eigenvalue weighted by Crippen LogP contribution is 2.22. The molecular weight excluding hydrogens is 238 g/mol. The summed E-state index contributed by atoms with van der Waals surface area (Å²) in [7, 11) is 0. The molecule has 1 aromatic heterocycles. The van der Waals surface area contributed by atoms with Crippen LogP contribution in [0.1, 0.15) is 25.8 Å². The van der Waals surface area contributed by atoms with Crippen LogP contribution in [0.3, 0.4) is 0 Å². The van der Waals surface area contributed by atoms with E-state index >= 15 is 0 Å². The second-order valence-corrected chi connectivity index (χ2v) is 4.39. The zero-order chi connectivity index (χ0) is 12.8. The van der Waals surface area contributed by atoms with E-state index in [0.717, 1.165) is 12.0 Å². The van der Waals surface area contributed by atoms with Crippen LogP contribution in [0.25, 0.3) is 0 Å². The summed E-state index contributed by atoms with van der Waals surface area (Å²) in [5, 5.41) is 6.20. The smallest absolute Gasteiger partial charge is 0.238 e. The number of hydrogen-bond acceptors (Lipinski definition) is 3. The Balaban J connectivity index is 2.56. The fraction of sp³-hybridized carbons (Fsp3) is 0.500. The number of nitrogens with zero attached hydrogens (tertiary/aromatic N) is 1. The number of carbonyl (C=O) groups excluding carboxylic acids is 1. The van der Waals surface area contributed by atoms with Crippen LogP contribution < -0.4 is 10.6 Å². The van der Waals surface area contributed by atoms with Crippen LogP contribution in [0.15, 0.2) is 12.3 Å². The minimum Gasteiger partial charge on any atom is -0.322 e. The number of amides is 1. The molecule has 1 unspecified atom stereocenters. The molecule has 0 saturated carbocycles. The molecular formula is C12H18ClN3O. The number of carbonyl (C=O) groups is 1. The number of hydrogen-bond donors (Lipinski definition) is 2. The maximum absolute atomic E-state index is 11.7. The quantitative estimate of drug-likeness (QED) is 0.795. The van der Waals surface area contributed by atoms with Crippen LogP contribution in [0.5, 0.6) is 0 Å². The lowest BCUT2D eigenvalue weighted by atomic mass is 10.2. The third-order valence-electron chi connectivity index (χ3n) is 2.60. The minimum absolute atomic E-state index is 0.108. The Morgan fingerprint density at radius 3 is 2.88 bits per heavy atom. The highest BCUT2D eigenvalue weighted by atomic mass is 35.5.